The Kier molecular flexibility index (Phi) is 5.18. The van der Waals surface area contributed by atoms with E-state index in [9.17, 15) is 0 Å². The summed E-state index contributed by atoms with van der Waals surface area (Å²) in [5.74, 6) is 0.753. The summed E-state index contributed by atoms with van der Waals surface area (Å²) in [7, 11) is 0. The molecule has 1 rings (SSSR count). The monoisotopic (exact) mass is 246 g/mol. The van der Waals surface area contributed by atoms with Crippen LogP contribution in [0.5, 0.6) is 5.75 Å². The molecule has 0 bridgehead atoms. The van der Waals surface area contributed by atoms with E-state index < -0.39 is 0 Å². The predicted molar refractivity (Wildman–Crippen MR) is 73.4 cm³/mol. The fraction of sp³-hybridized carbons (Fsp3) is 0.533. The van der Waals surface area contributed by atoms with E-state index in [2.05, 4.69) is 32.2 Å². The molecule has 98 valence electrons. The van der Waals surface area contributed by atoms with Crippen LogP contribution in [0.15, 0.2) is 24.3 Å². The second-order valence-electron chi connectivity index (χ2n) is 5.39. The van der Waals surface area contributed by atoms with Crippen molar-refractivity contribution in [3.8, 4) is 11.8 Å². The first-order chi connectivity index (χ1) is 8.44. The van der Waals surface area contributed by atoms with Crippen LogP contribution in [0.2, 0.25) is 0 Å². The lowest BCUT2D eigenvalue weighted by atomic mass is 10.1. The third kappa shape index (κ3) is 5.20. The van der Waals surface area contributed by atoms with Crippen LogP contribution in [0.3, 0.4) is 0 Å². The zero-order valence-electron chi connectivity index (χ0n) is 11.7. The van der Waals surface area contributed by atoms with Crippen LogP contribution in [0.25, 0.3) is 0 Å². The molecular formula is C15H22N2O. The summed E-state index contributed by atoms with van der Waals surface area (Å²) < 4.78 is 5.53. The number of hydrogen-bond donors (Lipinski definition) is 1. The summed E-state index contributed by atoms with van der Waals surface area (Å²) in [5.41, 5.74) is 1.32. The van der Waals surface area contributed by atoms with Crippen molar-refractivity contribution in [3.05, 3.63) is 29.8 Å². The normalized spacial score (nSPS) is 12.8. The van der Waals surface area contributed by atoms with Crippen LogP contribution >= 0.6 is 0 Å². The lowest BCUT2D eigenvalue weighted by molar-refractivity contribution is 0.252. The van der Waals surface area contributed by atoms with Crippen LogP contribution < -0.4 is 10.1 Å². The van der Waals surface area contributed by atoms with Crippen molar-refractivity contribution in [1.82, 2.24) is 5.32 Å². The van der Waals surface area contributed by atoms with Gasteiger partial charge in [0, 0.05) is 12.1 Å². The smallest absolute Gasteiger partial charge is 0.184 e. The van der Waals surface area contributed by atoms with Crippen molar-refractivity contribution in [2.24, 2.45) is 0 Å². The molecule has 0 aliphatic rings. The summed E-state index contributed by atoms with van der Waals surface area (Å²) in [6.07, 6.45) is 0.340. The lowest BCUT2D eigenvalue weighted by Crippen LogP contribution is -2.35. The summed E-state index contributed by atoms with van der Waals surface area (Å²) in [6.45, 7) is 9.20. The lowest BCUT2D eigenvalue weighted by Gasteiger charge is -2.20. The predicted octanol–water partition coefficient (Wildman–Crippen LogP) is 3.26. The van der Waals surface area contributed by atoms with Gasteiger partial charge >= 0.3 is 0 Å². The number of nitriles is 1. The van der Waals surface area contributed by atoms with Crippen molar-refractivity contribution in [3.63, 3.8) is 0 Å². The van der Waals surface area contributed by atoms with Gasteiger partial charge in [0.1, 0.15) is 11.8 Å². The van der Waals surface area contributed by atoms with Gasteiger partial charge in [-0.15, -0.1) is 0 Å². The first kappa shape index (κ1) is 14.5. The quantitative estimate of drug-likeness (QED) is 0.867. The van der Waals surface area contributed by atoms with Gasteiger partial charge in [0.15, 0.2) is 6.10 Å². The zero-order valence-corrected chi connectivity index (χ0v) is 11.7. The molecule has 3 heteroatoms. The molecule has 0 amide bonds. The van der Waals surface area contributed by atoms with Crippen LogP contribution in [0.1, 0.15) is 39.7 Å². The topological polar surface area (TPSA) is 45.0 Å². The van der Waals surface area contributed by atoms with Gasteiger partial charge in [0.2, 0.25) is 0 Å². The number of nitrogens with zero attached hydrogens (tertiary/aromatic N) is 1. The number of ether oxygens (including phenoxy) is 1. The molecule has 3 nitrogen and oxygen atoms in total. The standard InChI is InChI=1S/C15H22N2O/c1-5-13(10-16)18-14-8-6-12(7-9-14)11-17-15(2,3)4/h6-9,13,17H,5,11H2,1-4H3. The number of benzene rings is 1. The molecular weight excluding hydrogens is 224 g/mol. The van der Waals surface area contributed by atoms with Crippen molar-refractivity contribution >= 4 is 0 Å². The second kappa shape index (κ2) is 6.42. The number of nitrogens with one attached hydrogen (secondary N) is 1. The van der Waals surface area contributed by atoms with Gasteiger partial charge in [-0.3, -0.25) is 0 Å². The first-order valence-corrected chi connectivity index (χ1v) is 6.35. The molecule has 0 aliphatic carbocycles. The Balaban J connectivity index is 2.55. The molecule has 0 spiro atoms. The summed E-state index contributed by atoms with van der Waals surface area (Å²) in [4.78, 5) is 0. The molecule has 0 saturated carbocycles. The van der Waals surface area contributed by atoms with Gasteiger partial charge < -0.3 is 10.1 Å². The fourth-order valence-corrected chi connectivity index (χ4v) is 1.42. The highest BCUT2D eigenvalue weighted by Gasteiger charge is 2.09. The Labute approximate surface area is 110 Å². The van der Waals surface area contributed by atoms with E-state index in [4.69, 9.17) is 10.00 Å². The summed E-state index contributed by atoms with van der Waals surface area (Å²) in [5, 5.41) is 12.3. The third-order valence-electron chi connectivity index (χ3n) is 2.54. The Morgan fingerprint density at radius 2 is 1.89 bits per heavy atom. The molecule has 1 aromatic rings. The highest BCUT2D eigenvalue weighted by Crippen LogP contribution is 2.15. The maximum atomic E-state index is 8.83. The van der Waals surface area contributed by atoms with E-state index in [0.717, 1.165) is 12.3 Å². The summed E-state index contributed by atoms with van der Waals surface area (Å²) >= 11 is 0. The highest BCUT2D eigenvalue weighted by atomic mass is 16.5. The Hall–Kier alpha value is -1.53. The maximum Gasteiger partial charge on any atom is 0.184 e. The molecule has 1 N–H and O–H groups in total. The van der Waals surface area contributed by atoms with Crippen molar-refractivity contribution < 1.29 is 4.74 Å². The minimum absolute atomic E-state index is 0.114. The molecule has 0 aromatic heterocycles. The Bertz CT molecular complexity index is 398. The van der Waals surface area contributed by atoms with E-state index in [1.54, 1.807) is 0 Å². The SMILES string of the molecule is CCC(C#N)Oc1ccc(CNC(C)(C)C)cc1. The van der Waals surface area contributed by atoms with Gasteiger partial charge in [-0.05, 0) is 44.9 Å². The average molecular weight is 246 g/mol. The molecule has 0 radical (unpaired) electrons. The minimum atomic E-state index is -0.358. The molecule has 1 unspecified atom stereocenters. The number of rotatable bonds is 5. The zero-order chi connectivity index (χ0) is 13.6. The van der Waals surface area contributed by atoms with Gasteiger partial charge in [-0.2, -0.15) is 5.26 Å². The first-order valence-electron chi connectivity index (χ1n) is 6.35. The van der Waals surface area contributed by atoms with Crippen LogP contribution in [0.4, 0.5) is 0 Å². The van der Waals surface area contributed by atoms with Crippen LogP contribution in [-0.2, 0) is 6.54 Å². The van der Waals surface area contributed by atoms with Gasteiger partial charge in [0.05, 0.1) is 0 Å². The van der Waals surface area contributed by atoms with E-state index in [1.807, 2.05) is 31.2 Å². The minimum Gasteiger partial charge on any atom is -0.476 e. The molecule has 0 fully saturated rings. The largest absolute Gasteiger partial charge is 0.476 e. The fourth-order valence-electron chi connectivity index (χ4n) is 1.42. The Morgan fingerprint density at radius 3 is 2.33 bits per heavy atom. The van der Waals surface area contributed by atoms with Gasteiger partial charge in [0.25, 0.3) is 0 Å². The van der Waals surface area contributed by atoms with Crippen molar-refractivity contribution in [1.29, 1.82) is 5.26 Å². The number of hydrogen-bond acceptors (Lipinski definition) is 3. The molecule has 0 saturated heterocycles. The van der Waals surface area contributed by atoms with Gasteiger partial charge in [-0.25, -0.2) is 0 Å². The van der Waals surface area contributed by atoms with Gasteiger partial charge in [-0.1, -0.05) is 19.1 Å². The average Bonchev–Trinajstić information content (AvgIpc) is 2.34. The third-order valence-corrected chi connectivity index (χ3v) is 2.54. The van der Waals surface area contributed by atoms with Crippen LogP contribution in [0, 0.1) is 11.3 Å². The maximum absolute atomic E-state index is 8.83. The molecule has 1 aromatic carbocycles. The van der Waals surface area contributed by atoms with E-state index >= 15 is 0 Å². The molecule has 1 atom stereocenters. The van der Waals surface area contributed by atoms with Crippen LogP contribution in [-0.4, -0.2) is 11.6 Å². The Morgan fingerprint density at radius 1 is 1.28 bits per heavy atom. The second-order valence-corrected chi connectivity index (χ2v) is 5.39. The van der Waals surface area contributed by atoms with E-state index in [1.165, 1.54) is 5.56 Å². The van der Waals surface area contributed by atoms with Crippen molar-refractivity contribution in [2.45, 2.75) is 52.3 Å². The van der Waals surface area contributed by atoms with E-state index in [0.29, 0.717) is 6.42 Å². The van der Waals surface area contributed by atoms with Crippen molar-refractivity contribution in [2.75, 3.05) is 0 Å². The summed E-state index contributed by atoms with van der Waals surface area (Å²) in [6, 6.07) is 10.0. The molecule has 18 heavy (non-hydrogen) atoms. The molecule has 0 aliphatic heterocycles. The molecule has 0 heterocycles. The van der Waals surface area contributed by atoms with E-state index in [-0.39, 0.29) is 11.6 Å². The highest BCUT2D eigenvalue weighted by molar-refractivity contribution is 5.27.